The number of aryl methyl sites for hydroxylation is 1. The summed E-state index contributed by atoms with van der Waals surface area (Å²) >= 11 is 12.2. The first-order chi connectivity index (χ1) is 14.6. The van der Waals surface area contributed by atoms with Crippen molar-refractivity contribution in [2.24, 2.45) is 11.1 Å². The third kappa shape index (κ3) is 4.32. The molecule has 0 spiro atoms. The predicted molar refractivity (Wildman–Crippen MR) is 112 cm³/mol. The Hall–Kier alpha value is -2.45. The maximum atomic E-state index is 14.2. The normalized spacial score (nSPS) is 20.8. The van der Waals surface area contributed by atoms with E-state index in [1.165, 1.54) is 24.3 Å². The number of amides is 1. The number of nitrogens with one attached hydrogen (secondary N) is 2. The molecule has 2 N–H and O–H groups in total. The molecule has 2 aromatic carbocycles. The molecule has 2 aromatic rings. The Bertz CT molecular complexity index is 1050. The molecular weight excluding hydrogens is 454 g/mol. The minimum absolute atomic E-state index is 0.0179. The van der Waals surface area contributed by atoms with Crippen LogP contribution in [0.1, 0.15) is 36.0 Å². The van der Waals surface area contributed by atoms with Gasteiger partial charge >= 0.3 is 6.18 Å². The van der Waals surface area contributed by atoms with Crippen LogP contribution in [0.2, 0.25) is 10.0 Å². The Balaban J connectivity index is 1.61. The van der Waals surface area contributed by atoms with Crippen LogP contribution in [0.4, 0.5) is 18.9 Å². The summed E-state index contributed by atoms with van der Waals surface area (Å²) in [5.41, 5.74) is 3.93. The molecule has 1 unspecified atom stereocenters. The maximum absolute atomic E-state index is 14.2. The van der Waals surface area contributed by atoms with Crippen LogP contribution in [0.5, 0.6) is 0 Å². The minimum Gasteiger partial charge on any atom is -0.374 e. The van der Waals surface area contributed by atoms with Crippen LogP contribution in [-0.2, 0) is 15.2 Å². The molecule has 1 heterocycles. The molecule has 0 bridgehead atoms. The fraction of sp³-hybridized carbons (Fsp3) is 0.333. The van der Waals surface area contributed by atoms with Crippen LogP contribution in [0.15, 0.2) is 41.6 Å². The van der Waals surface area contributed by atoms with Crippen LogP contribution in [0, 0.1) is 12.8 Å². The van der Waals surface area contributed by atoms with E-state index in [0.717, 1.165) is 12.8 Å². The topological polar surface area (TPSA) is 62.7 Å². The van der Waals surface area contributed by atoms with Crippen molar-refractivity contribution in [1.29, 1.82) is 0 Å². The monoisotopic (exact) mass is 471 g/mol. The summed E-state index contributed by atoms with van der Waals surface area (Å²) in [5.74, 6) is -0.175. The van der Waals surface area contributed by atoms with E-state index in [0.29, 0.717) is 21.8 Å². The molecule has 0 saturated heterocycles. The molecule has 1 fully saturated rings. The lowest BCUT2D eigenvalue weighted by molar-refractivity contribution is -0.275. The van der Waals surface area contributed by atoms with Gasteiger partial charge in [0.1, 0.15) is 0 Å². The highest BCUT2D eigenvalue weighted by Crippen LogP contribution is 2.49. The van der Waals surface area contributed by atoms with Gasteiger partial charge in [0, 0.05) is 28.5 Å². The van der Waals surface area contributed by atoms with Gasteiger partial charge in [-0.25, -0.2) is 0 Å². The summed E-state index contributed by atoms with van der Waals surface area (Å²) in [4.78, 5) is 16.9. The highest BCUT2D eigenvalue weighted by Gasteiger charge is 2.62. The van der Waals surface area contributed by atoms with Crippen LogP contribution in [0.3, 0.4) is 0 Å². The number of hydrogen-bond donors (Lipinski definition) is 2. The lowest BCUT2D eigenvalue weighted by Gasteiger charge is -2.29. The van der Waals surface area contributed by atoms with Gasteiger partial charge in [0.15, 0.2) is 0 Å². The molecule has 1 atom stereocenters. The Kier molecular flexibility index (Phi) is 5.55. The van der Waals surface area contributed by atoms with Crippen molar-refractivity contribution in [2.45, 2.75) is 38.0 Å². The second kappa shape index (κ2) is 7.91. The summed E-state index contributed by atoms with van der Waals surface area (Å²) in [6, 6.07) is 8.78. The zero-order valence-corrected chi connectivity index (χ0v) is 17.8. The highest BCUT2D eigenvalue weighted by molar-refractivity contribution is 6.33. The van der Waals surface area contributed by atoms with Crippen molar-refractivity contribution >= 4 is 40.5 Å². The molecule has 10 heteroatoms. The number of carbonyl (C=O) groups excluding carboxylic acids is 1. The number of carbonyl (C=O) groups is 1. The number of rotatable bonds is 5. The number of benzene rings is 2. The Labute approximate surface area is 186 Å². The van der Waals surface area contributed by atoms with Gasteiger partial charge in [0.25, 0.3) is 5.60 Å². The number of hydrogen-bond acceptors (Lipinski definition) is 4. The van der Waals surface area contributed by atoms with Crippen LogP contribution < -0.4 is 10.9 Å². The molecule has 1 aliphatic heterocycles. The predicted octanol–water partition coefficient (Wildman–Crippen LogP) is 5.74. The Morgan fingerprint density at radius 2 is 1.94 bits per heavy atom. The first-order valence-corrected chi connectivity index (χ1v) is 10.3. The average Bonchev–Trinajstić information content (AvgIpc) is 3.43. The molecule has 2 aliphatic rings. The molecule has 1 saturated carbocycles. The second-order valence-corrected chi connectivity index (χ2v) is 8.57. The second-order valence-electron chi connectivity index (χ2n) is 7.73. The third-order valence-corrected chi connectivity index (χ3v) is 5.81. The molecule has 5 nitrogen and oxygen atoms in total. The number of alkyl halides is 3. The van der Waals surface area contributed by atoms with E-state index >= 15 is 0 Å². The van der Waals surface area contributed by atoms with E-state index in [9.17, 15) is 18.0 Å². The van der Waals surface area contributed by atoms with Crippen molar-refractivity contribution in [3.8, 4) is 0 Å². The zero-order chi connectivity index (χ0) is 22.4. The largest absolute Gasteiger partial charge is 0.435 e. The fourth-order valence-electron chi connectivity index (χ4n) is 3.41. The van der Waals surface area contributed by atoms with Gasteiger partial charge in [-0.2, -0.15) is 13.2 Å². The quantitative estimate of drug-likeness (QED) is 0.546. The number of nitrogens with zero attached hydrogens (tertiary/aromatic N) is 1. The molecule has 164 valence electrons. The van der Waals surface area contributed by atoms with Crippen molar-refractivity contribution in [1.82, 2.24) is 5.43 Å². The van der Waals surface area contributed by atoms with Gasteiger partial charge in [-0.3, -0.25) is 15.6 Å². The van der Waals surface area contributed by atoms with Gasteiger partial charge in [0.2, 0.25) is 5.91 Å². The van der Waals surface area contributed by atoms with E-state index in [4.69, 9.17) is 28.0 Å². The van der Waals surface area contributed by atoms with E-state index in [-0.39, 0.29) is 28.1 Å². The number of anilines is 1. The minimum atomic E-state index is -4.74. The van der Waals surface area contributed by atoms with Crippen molar-refractivity contribution < 1.29 is 22.8 Å². The smallest absolute Gasteiger partial charge is 0.374 e. The lowest BCUT2D eigenvalue weighted by Crippen LogP contribution is -2.42. The van der Waals surface area contributed by atoms with Gasteiger partial charge in [-0.15, -0.1) is 0 Å². The van der Waals surface area contributed by atoms with Gasteiger partial charge in [-0.1, -0.05) is 40.5 Å². The third-order valence-electron chi connectivity index (χ3n) is 5.26. The standard InChI is InChI=1S/C21H18Cl2F3N3O2/c1-11-6-14(9-15(22)7-11)20(21(24,25)26)10-18(29-31-20)13-4-5-16(23)17(8-13)27-28-19(30)12-2-3-12/h4-9,12,27H,2-3,10H2,1H3,(H,28,30). The molecular formula is C21H18Cl2F3N3O2. The van der Waals surface area contributed by atoms with Crippen LogP contribution in [-0.4, -0.2) is 17.8 Å². The number of halogens is 5. The number of hydrazine groups is 1. The molecule has 1 amide bonds. The Morgan fingerprint density at radius 1 is 1.19 bits per heavy atom. The Morgan fingerprint density at radius 3 is 2.58 bits per heavy atom. The molecule has 0 radical (unpaired) electrons. The number of oxime groups is 1. The fourth-order valence-corrected chi connectivity index (χ4v) is 3.86. The summed E-state index contributed by atoms with van der Waals surface area (Å²) < 4.78 is 42.5. The maximum Gasteiger partial charge on any atom is 0.435 e. The zero-order valence-electron chi connectivity index (χ0n) is 16.3. The van der Waals surface area contributed by atoms with E-state index in [2.05, 4.69) is 16.0 Å². The first kappa shape index (κ1) is 21.8. The molecule has 31 heavy (non-hydrogen) atoms. The van der Waals surface area contributed by atoms with Gasteiger partial charge in [0.05, 0.1) is 16.4 Å². The summed E-state index contributed by atoms with van der Waals surface area (Å²) in [7, 11) is 0. The van der Waals surface area contributed by atoms with Gasteiger partial charge < -0.3 is 4.84 Å². The van der Waals surface area contributed by atoms with Crippen molar-refractivity contribution in [2.75, 3.05) is 5.43 Å². The van der Waals surface area contributed by atoms with E-state index < -0.39 is 18.2 Å². The molecule has 4 rings (SSSR count). The van der Waals surface area contributed by atoms with Crippen LogP contribution >= 0.6 is 23.2 Å². The van der Waals surface area contributed by atoms with Crippen molar-refractivity contribution in [3.63, 3.8) is 0 Å². The molecule has 0 aromatic heterocycles. The van der Waals surface area contributed by atoms with E-state index in [1.54, 1.807) is 19.1 Å². The summed E-state index contributed by atoms with van der Waals surface area (Å²) in [5, 5.41) is 4.24. The van der Waals surface area contributed by atoms with Gasteiger partial charge in [-0.05, 0) is 49.6 Å². The SMILES string of the molecule is Cc1cc(Cl)cc(C2(C(F)(F)F)CC(c3ccc(Cl)c(NNC(=O)C4CC4)c3)=NO2)c1. The highest BCUT2D eigenvalue weighted by atomic mass is 35.5. The summed E-state index contributed by atoms with van der Waals surface area (Å²) in [6.07, 6.45) is -3.61. The lowest BCUT2D eigenvalue weighted by atomic mass is 9.86. The van der Waals surface area contributed by atoms with Crippen LogP contribution in [0.25, 0.3) is 0 Å². The average molecular weight is 472 g/mol. The molecule has 1 aliphatic carbocycles. The van der Waals surface area contributed by atoms with E-state index in [1.807, 2.05) is 0 Å². The first-order valence-electron chi connectivity index (χ1n) is 9.54. The van der Waals surface area contributed by atoms with Crippen molar-refractivity contribution in [3.05, 3.63) is 63.1 Å². The summed E-state index contributed by atoms with van der Waals surface area (Å²) in [6.45, 7) is 1.66.